The van der Waals surface area contributed by atoms with Crippen LogP contribution >= 0.6 is 0 Å². The summed E-state index contributed by atoms with van der Waals surface area (Å²) in [7, 11) is 0. The molecule has 0 saturated heterocycles. The number of imidazole rings is 1. The molecule has 1 saturated carbocycles. The lowest BCUT2D eigenvalue weighted by molar-refractivity contribution is 0.0359. The van der Waals surface area contributed by atoms with E-state index in [4.69, 9.17) is 9.73 Å². The Kier molecular flexibility index (Phi) is 6.87. The van der Waals surface area contributed by atoms with Gasteiger partial charge in [0.05, 0.1) is 12.2 Å². The Morgan fingerprint density at radius 1 is 1.39 bits per heavy atom. The molecule has 1 fully saturated rings. The summed E-state index contributed by atoms with van der Waals surface area (Å²) in [6.07, 6.45) is 10.6. The first kappa shape index (κ1) is 22.7. The lowest BCUT2D eigenvalue weighted by atomic mass is 10.1. The third-order valence-electron chi connectivity index (χ3n) is 4.92. The van der Waals surface area contributed by atoms with Crippen LogP contribution in [0.1, 0.15) is 62.8 Å². The fraction of sp³-hybridized carbons (Fsp3) is 0.478. The number of hydrogen-bond acceptors (Lipinski definition) is 5. The van der Waals surface area contributed by atoms with Crippen molar-refractivity contribution in [2.45, 2.75) is 70.7 Å². The molecule has 7 nitrogen and oxygen atoms in total. The molecule has 1 aromatic rings. The van der Waals surface area contributed by atoms with Gasteiger partial charge in [-0.15, -0.1) is 0 Å². The van der Waals surface area contributed by atoms with Crippen LogP contribution in [0.5, 0.6) is 0 Å². The Balaban J connectivity index is 1.95. The van der Waals surface area contributed by atoms with Crippen molar-refractivity contribution < 1.29 is 18.7 Å². The summed E-state index contributed by atoms with van der Waals surface area (Å²) in [5, 5.41) is 0. The zero-order valence-electron chi connectivity index (χ0n) is 18.3. The molecule has 3 rings (SSSR count). The molecule has 2 aliphatic rings. The fourth-order valence-corrected chi connectivity index (χ4v) is 3.33. The summed E-state index contributed by atoms with van der Waals surface area (Å²) in [6.45, 7) is 9.38. The van der Waals surface area contributed by atoms with Crippen molar-refractivity contribution in [2.75, 3.05) is 0 Å². The van der Waals surface area contributed by atoms with Gasteiger partial charge >= 0.3 is 6.09 Å². The van der Waals surface area contributed by atoms with Crippen LogP contribution in [-0.4, -0.2) is 50.4 Å². The summed E-state index contributed by atoms with van der Waals surface area (Å²) in [4.78, 5) is 35.4. The van der Waals surface area contributed by atoms with Crippen LogP contribution in [-0.2, 0) is 11.3 Å². The number of amides is 1. The van der Waals surface area contributed by atoms with Crippen LogP contribution in [0.2, 0.25) is 0 Å². The van der Waals surface area contributed by atoms with Gasteiger partial charge in [0, 0.05) is 12.6 Å². The number of aliphatic imine (C=N–C) groups is 1. The van der Waals surface area contributed by atoms with Gasteiger partial charge in [-0.2, -0.15) is 0 Å². The van der Waals surface area contributed by atoms with E-state index in [1.807, 2.05) is 26.8 Å². The highest BCUT2D eigenvalue weighted by Gasteiger charge is 2.41. The first-order valence-electron chi connectivity index (χ1n) is 10.5. The first-order chi connectivity index (χ1) is 14.7. The maximum atomic E-state index is 13.2. The minimum atomic E-state index is -0.650. The fourth-order valence-electron chi connectivity index (χ4n) is 3.33. The Hall–Kier alpha value is -3.03. The molecular formula is C23H29FN4O3. The lowest BCUT2D eigenvalue weighted by Crippen LogP contribution is -2.43. The van der Waals surface area contributed by atoms with Gasteiger partial charge in [0.1, 0.15) is 17.1 Å². The van der Waals surface area contributed by atoms with Gasteiger partial charge in [-0.3, -0.25) is 14.7 Å². The van der Waals surface area contributed by atoms with E-state index in [2.05, 4.69) is 11.6 Å². The summed E-state index contributed by atoms with van der Waals surface area (Å²) in [5.74, 6) is 0.499. The maximum Gasteiger partial charge on any atom is 0.416 e. The largest absolute Gasteiger partial charge is 0.443 e. The second kappa shape index (κ2) is 9.41. The van der Waals surface area contributed by atoms with Gasteiger partial charge in [-0.05, 0) is 58.6 Å². The maximum absolute atomic E-state index is 13.2. The average Bonchev–Trinajstić information content (AvgIpc) is 3.47. The van der Waals surface area contributed by atoms with E-state index in [0.29, 0.717) is 36.7 Å². The molecule has 1 unspecified atom stereocenters. The normalized spacial score (nSPS) is 19.4. The van der Waals surface area contributed by atoms with E-state index >= 15 is 0 Å². The van der Waals surface area contributed by atoms with Gasteiger partial charge in [-0.25, -0.2) is 14.2 Å². The Labute approximate surface area is 182 Å². The van der Waals surface area contributed by atoms with Crippen molar-refractivity contribution in [3.63, 3.8) is 0 Å². The molecule has 166 valence electrons. The van der Waals surface area contributed by atoms with E-state index in [1.54, 1.807) is 15.5 Å². The first-order valence-corrected chi connectivity index (χ1v) is 10.5. The third-order valence-corrected chi connectivity index (χ3v) is 4.92. The number of ether oxygens (including phenoxy) is 1. The van der Waals surface area contributed by atoms with Gasteiger partial charge in [-0.1, -0.05) is 18.7 Å². The highest BCUT2D eigenvalue weighted by Crippen LogP contribution is 2.31. The molecule has 1 aromatic heterocycles. The van der Waals surface area contributed by atoms with Crippen LogP contribution in [0.25, 0.3) is 0 Å². The monoisotopic (exact) mass is 428 g/mol. The summed E-state index contributed by atoms with van der Waals surface area (Å²) in [5.41, 5.74) is -0.211. The predicted molar refractivity (Wildman–Crippen MR) is 117 cm³/mol. The van der Waals surface area contributed by atoms with Crippen LogP contribution in [0, 0.1) is 0 Å². The Morgan fingerprint density at radius 3 is 2.74 bits per heavy atom. The van der Waals surface area contributed by atoms with Gasteiger partial charge in [0.15, 0.2) is 17.9 Å². The molecule has 0 radical (unpaired) electrons. The smallest absolute Gasteiger partial charge is 0.416 e. The third kappa shape index (κ3) is 5.77. The van der Waals surface area contributed by atoms with E-state index in [9.17, 15) is 14.0 Å². The van der Waals surface area contributed by atoms with E-state index in [1.165, 1.54) is 12.3 Å². The average molecular weight is 429 g/mol. The lowest BCUT2D eigenvalue weighted by Gasteiger charge is -2.28. The van der Waals surface area contributed by atoms with Crippen LogP contribution < -0.4 is 0 Å². The summed E-state index contributed by atoms with van der Waals surface area (Å²) >= 11 is 0. The minimum Gasteiger partial charge on any atom is -0.443 e. The highest BCUT2D eigenvalue weighted by atomic mass is 19.1. The van der Waals surface area contributed by atoms with E-state index in [-0.39, 0.29) is 12.1 Å². The number of nitrogens with zero attached hydrogens (tertiary/aromatic N) is 4. The predicted octanol–water partition coefficient (Wildman–Crippen LogP) is 4.60. The van der Waals surface area contributed by atoms with Gasteiger partial charge in [0.25, 0.3) is 0 Å². The molecule has 1 atom stereocenters. The minimum absolute atomic E-state index is 0.00246. The number of fused-ring (bicyclic) bond motifs is 1. The van der Waals surface area contributed by atoms with Crippen LogP contribution in [0.4, 0.5) is 9.18 Å². The van der Waals surface area contributed by atoms with Crippen molar-refractivity contribution in [3.05, 3.63) is 54.4 Å². The number of rotatable bonds is 6. The molecule has 8 heteroatoms. The molecule has 0 N–H and O–H groups in total. The molecule has 1 amide bonds. The number of carbonyl (C=O) groups is 2. The molecule has 0 aromatic carbocycles. The summed E-state index contributed by atoms with van der Waals surface area (Å²) in [6, 6.07) is -0.159. The molecule has 1 aliphatic carbocycles. The Morgan fingerprint density at radius 2 is 2.13 bits per heavy atom. The molecule has 0 spiro atoms. The number of aldehydes is 1. The van der Waals surface area contributed by atoms with Crippen LogP contribution in [0.15, 0.2) is 47.9 Å². The number of allylic oxidation sites excluding steroid dienone is 4. The SMILES string of the molecule is C=C/C(F)=C\C=C/CC1CCn2c(C=O)cnc2C(N(C(=O)OC(C)(C)C)C2CC2)=N1. The zero-order chi connectivity index (χ0) is 22.6. The zero-order valence-corrected chi connectivity index (χ0v) is 18.3. The molecule has 2 heterocycles. The van der Waals surface area contributed by atoms with Crippen molar-refractivity contribution in [1.82, 2.24) is 14.5 Å². The number of aromatic nitrogens is 2. The summed E-state index contributed by atoms with van der Waals surface area (Å²) < 4.78 is 20.7. The molecule has 31 heavy (non-hydrogen) atoms. The van der Waals surface area contributed by atoms with Gasteiger partial charge < -0.3 is 9.30 Å². The van der Waals surface area contributed by atoms with E-state index < -0.39 is 17.5 Å². The highest BCUT2D eigenvalue weighted by molar-refractivity contribution is 6.05. The standard InChI is InChI=1S/C23H29FN4O3/c1-5-16(24)8-6-7-9-17-12-13-27-19(15-29)14-25-20(27)21(26-17)28(18-10-11-18)22(30)31-23(2,3)4/h5-8,14-15,17-18H,1,9-13H2,2-4H3/b7-6-,16-8+. The van der Waals surface area contributed by atoms with Crippen LogP contribution in [0.3, 0.4) is 0 Å². The quantitative estimate of drug-likeness (QED) is 0.490. The van der Waals surface area contributed by atoms with E-state index in [0.717, 1.165) is 25.2 Å². The molecular weight excluding hydrogens is 399 g/mol. The van der Waals surface area contributed by atoms with Crippen molar-refractivity contribution in [1.29, 1.82) is 0 Å². The van der Waals surface area contributed by atoms with Crippen molar-refractivity contribution >= 4 is 18.2 Å². The number of hydrogen-bond donors (Lipinski definition) is 0. The number of carbonyl (C=O) groups excluding carboxylic acids is 2. The molecule has 0 bridgehead atoms. The van der Waals surface area contributed by atoms with Gasteiger partial charge in [0.2, 0.25) is 0 Å². The Bertz CT molecular complexity index is 935. The number of amidine groups is 1. The van der Waals surface area contributed by atoms with Crippen molar-refractivity contribution in [3.8, 4) is 0 Å². The number of halogens is 1. The molecule has 1 aliphatic heterocycles. The topological polar surface area (TPSA) is 76.8 Å². The second-order valence-corrected chi connectivity index (χ2v) is 8.67. The second-order valence-electron chi connectivity index (χ2n) is 8.67. The van der Waals surface area contributed by atoms with Crippen molar-refractivity contribution in [2.24, 2.45) is 4.99 Å².